The highest BCUT2D eigenvalue weighted by Crippen LogP contribution is 2.37. The van der Waals surface area contributed by atoms with Crippen LogP contribution in [0.1, 0.15) is 31.2 Å². The van der Waals surface area contributed by atoms with Gasteiger partial charge in [-0.3, -0.25) is 0 Å². The third kappa shape index (κ3) is 2.73. The van der Waals surface area contributed by atoms with Crippen LogP contribution < -0.4 is 10.5 Å². The molecular formula is C13H18FNO. The number of nitrogens with two attached hydrogens (primary N) is 1. The Balaban J connectivity index is 1.88. The number of rotatable bonds is 5. The van der Waals surface area contributed by atoms with Crippen molar-refractivity contribution in [1.82, 2.24) is 0 Å². The molecule has 1 saturated carbocycles. The van der Waals surface area contributed by atoms with Crippen LogP contribution in [0.3, 0.4) is 0 Å². The van der Waals surface area contributed by atoms with Gasteiger partial charge in [0.25, 0.3) is 0 Å². The highest BCUT2D eigenvalue weighted by atomic mass is 19.1. The van der Waals surface area contributed by atoms with Gasteiger partial charge >= 0.3 is 0 Å². The fraction of sp³-hybridized carbons (Fsp3) is 0.538. The third-order valence-corrected chi connectivity index (χ3v) is 3.25. The van der Waals surface area contributed by atoms with Crippen LogP contribution in [0.5, 0.6) is 5.75 Å². The zero-order valence-electron chi connectivity index (χ0n) is 9.63. The minimum absolute atomic E-state index is 0.115. The van der Waals surface area contributed by atoms with E-state index in [4.69, 9.17) is 10.5 Å². The molecule has 1 aliphatic rings. The number of hydrogen-bond acceptors (Lipinski definition) is 2. The first kappa shape index (κ1) is 11.4. The summed E-state index contributed by atoms with van der Waals surface area (Å²) in [5.41, 5.74) is 7.23. The van der Waals surface area contributed by atoms with Gasteiger partial charge in [-0.05, 0) is 49.8 Å². The fourth-order valence-corrected chi connectivity index (χ4v) is 1.91. The Hall–Kier alpha value is -1.09. The van der Waals surface area contributed by atoms with Crippen molar-refractivity contribution >= 4 is 0 Å². The molecule has 2 nitrogen and oxygen atoms in total. The van der Waals surface area contributed by atoms with Gasteiger partial charge in [-0.1, -0.05) is 6.07 Å². The number of ether oxygens (including phenoxy) is 1. The number of aryl methyl sites for hydroxylation is 1. The van der Waals surface area contributed by atoms with E-state index in [1.165, 1.54) is 13.2 Å². The Labute approximate surface area is 95.6 Å². The summed E-state index contributed by atoms with van der Waals surface area (Å²) < 4.78 is 18.1. The molecule has 0 radical (unpaired) electrons. The zero-order valence-corrected chi connectivity index (χ0v) is 9.63. The summed E-state index contributed by atoms with van der Waals surface area (Å²) in [7, 11) is 1.49. The number of methoxy groups -OCH3 is 1. The predicted octanol–water partition coefficient (Wildman–Crippen LogP) is 2.65. The van der Waals surface area contributed by atoms with E-state index in [0.29, 0.717) is 5.75 Å². The quantitative estimate of drug-likeness (QED) is 0.832. The molecule has 3 heteroatoms. The van der Waals surface area contributed by atoms with E-state index in [1.54, 1.807) is 6.07 Å². The molecule has 16 heavy (non-hydrogen) atoms. The number of benzene rings is 1. The molecule has 0 spiro atoms. The van der Waals surface area contributed by atoms with E-state index in [0.717, 1.165) is 37.7 Å². The highest BCUT2D eigenvalue weighted by Gasteiger charge is 2.36. The average Bonchev–Trinajstić information content (AvgIpc) is 2.99. The maximum Gasteiger partial charge on any atom is 0.165 e. The predicted molar refractivity (Wildman–Crippen MR) is 62.0 cm³/mol. The molecule has 1 aromatic rings. The molecular weight excluding hydrogens is 205 g/mol. The van der Waals surface area contributed by atoms with Gasteiger partial charge in [-0.25, -0.2) is 4.39 Å². The lowest BCUT2D eigenvalue weighted by atomic mass is 10.0. The Bertz CT molecular complexity index is 374. The van der Waals surface area contributed by atoms with Crippen LogP contribution in [0.2, 0.25) is 0 Å². The largest absolute Gasteiger partial charge is 0.494 e. The van der Waals surface area contributed by atoms with Gasteiger partial charge in [0.2, 0.25) is 0 Å². The first-order valence-electron chi connectivity index (χ1n) is 5.74. The van der Waals surface area contributed by atoms with E-state index >= 15 is 0 Å². The molecule has 2 N–H and O–H groups in total. The van der Waals surface area contributed by atoms with E-state index in [2.05, 4.69) is 0 Å². The molecule has 0 atom stereocenters. The van der Waals surface area contributed by atoms with Gasteiger partial charge in [-0.15, -0.1) is 0 Å². The summed E-state index contributed by atoms with van der Waals surface area (Å²) in [6, 6.07) is 5.04. The van der Waals surface area contributed by atoms with E-state index in [-0.39, 0.29) is 11.4 Å². The summed E-state index contributed by atoms with van der Waals surface area (Å²) in [5, 5.41) is 0. The SMILES string of the molecule is COc1cc(CCCC2(N)CC2)ccc1F. The Morgan fingerprint density at radius 3 is 2.81 bits per heavy atom. The van der Waals surface area contributed by atoms with E-state index in [1.807, 2.05) is 6.07 Å². The van der Waals surface area contributed by atoms with Crippen LogP contribution in [-0.4, -0.2) is 12.6 Å². The van der Waals surface area contributed by atoms with Crippen molar-refractivity contribution in [1.29, 1.82) is 0 Å². The molecule has 0 amide bonds. The van der Waals surface area contributed by atoms with Gasteiger partial charge in [0.05, 0.1) is 7.11 Å². The summed E-state index contributed by atoms with van der Waals surface area (Å²) in [6.07, 6.45) is 5.37. The smallest absolute Gasteiger partial charge is 0.165 e. The lowest BCUT2D eigenvalue weighted by Gasteiger charge is -2.09. The summed E-state index contributed by atoms with van der Waals surface area (Å²) in [4.78, 5) is 0. The van der Waals surface area contributed by atoms with Crippen molar-refractivity contribution in [3.8, 4) is 5.75 Å². The minimum Gasteiger partial charge on any atom is -0.494 e. The lowest BCUT2D eigenvalue weighted by molar-refractivity contribution is 0.386. The molecule has 1 aliphatic carbocycles. The average molecular weight is 223 g/mol. The molecule has 88 valence electrons. The monoisotopic (exact) mass is 223 g/mol. The van der Waals surface area contributed by atoms with Gasteiger partial charge in [0, 0.05) is 5.54 Å². The molecule has 0 bridgehead atoms. The summed E-state index contributed by atoms with van der Waals surface area (Å²) in [6.45, 7) is 0. The van der Waals surface area contributed by atoms with Crippen molar-refractivity contribution in [3.05, 3.63) is 29.6 Å². The van der Waals surface area contributed by atoms with Crippen molar-refractivity contribution < 1.29 is 9.13 Å². The van der Waals surface area contributed by atoms with Crippen LogP contribution in [0.25, 0.3) is 0 Å². The second kappa shape index (κ2) is 4.42. The normalized spacial score (nSPS) is 17.2. The molecule has 0 unspecified atom stereocenters. The Kier molecular flexibility index (Phi) is 3.15. The van der Waals surface area contributed by atoms with E-state index < -0.39 is 0 Å². The van der Waals surface area contributed by atoms with Gasteiger partial charge in [0.1, 0.15) is 0 Å². The molecule has 0 saturated heterocycles. The first-order valence-corrected chi connectivity index (χ1v) is 5.74. The second-order valence-electron chi connectivity index (χ2n) is 4.68. The van der Waals surface area contributed by atoms with Crippen LogP contribution in [0.15, 0.2) is 18.2 Å². The topological polar surface area (TPSA) is 35.2 Å². The lowest BCUT2D eigenvalue weighted by Crippen LogP contribution is -2.21. The zero-order chi connectivity index (χ0) is 11.6. The standard InChI is InChI=1S/C13H18FNO/c1-16-12-9-10(4-5-11(12)14)3-2-6-13(15)7-8-13/h4-5,9H,2-3,6-8,15H2,1H3. The number of halogens is 1. The van der Waals surface area contributed by atoms with Crippen molar-refractivity contribution in [2.24, 2.45) is 5.73 Å². The van der Waals surface area contributed by atoms with Gasteiger partial charge in [-0.2, -0.15) is 0 Å². The van der Waals surface area contributed by atoms with Crippen LogP contribution in [0.4, 0.5) is 4.39 Å². The molecule has 2 rings (SSSR count). The maximum atomic E-state index is 13.1. The van der Waals surface area contributed by atoms with Crippen LogP contribution in [0, 0.1) is 5.82 Å². The third-order valence-electron chi connectivity index (χ3n) is 3.25. The first-order chi connectivity index (χ1) is 7.63. The van der Waals surface area contributed by atoms with Gasteiger partial charge in [0.15, 0.2) is 11.6 Å². The fourth-order valence-electron chi connectivity index (χ4n) is 1.91. The van der Waals surface area contributed by atoms with Crippen molar-refractivity contribution in [2.75, 3.05) is 7.11 Å². The maximum absolute atomic E-state index is 13.1. The molecule has 0 aliphatic heterocycles. The minimum atomic E-state index is -0.302. The molecule has 0 aromatic heterocycles. The molecule has 0 heterocycles. The van der Waals surface area contributed by atoms with Gasteiger partial charge < -0.3 is 10.5 Å². The van der Waals surface area contributed by atoms with E-state index in [9.17, 15) is 4.39 Å². The Morgan fingerprint density at radius 1 is 1.44 bits per heavy atom. The molecule has 1 aromatic carbocycles. The highest BCUT2D eigenvalue weighted by molar-refractivity contribution is 5.30. The van der Waals surface area contributed by atoms with Crippen molar-refractivity contribution in [2.45, 2.75) is 37.6 Å². The van der Waals surface area contributed by atoms with Crippen LogP contribution >= 0.6 is 0 Å². The number of hydrogen-bond donors (Lipinski definition) is 1. The van der Waals surface area contributed by atoms with Crippen molar-refractivity contribution in [3.63, 3.8) is 0 Å². The summed E-state index contributed by atoms with van der Waals surface area (Å²) >= 11 is 0. The molecule has 1 fully saturated rings. The second-order valence-corrected chi connectivity index (χ2v) is 4.68. The van der Waals surface area contributed by atoms with Crippen LogP contribution in [-0.2, 0) is 6.42 Å². The Morgan fingerprint density at radius 2 is 2.19 bits per heavy atom. The summed E-state index contributed by atoms with van der Waals surface area (Å²) in [5.74, 6) is 0.0233.